The maximum atomic E-state index is 13.2. The second kappa shape index (κ2) is 8.41. The third-order valence-electron chi connectivity index (χ3n) is 4.32. The maximum Gasteiger partial charge on any atom is 0.401 e. The predicted molar refractivity (Wildman–Crippen MR) is 109 cm³/mol. The molecule has 1 aliphatic rings. The zero-order valence-corrected chi connectivity index (χ0v) is 15.8. The molecule has 1 aliphatic heterocycles. The first-order valence-electron chi connectivity index (χ1n) is 8.71. The smallest absolute Gasteiger partial charge is 0.401 e. The second-order valence-corrected chi connectivity index (χ2v) is 6.27. The Morgan fingerprint density at radius 1 is 1.40 bits per heavy atom. The van der Waals surface area contributed by atoms with E-state index in [4.69, 9.17) is 10.5 Å². The number of methoxy groups -OCH3 is 1. The summed E-state index contributed by atoms with van der Waals surface area (Å²) in [4.78, 5) is 17.2. The Bertz CT molecular complexity index is 1060. The number of aliphatic imine (C=N–C) groups is 1. The standard InChI is InChI=1S/C19H18F3N6O2/c1-30-14-4-2-13(3-5-14)28-16-11(6-15(17(28)29)12(7-23)8-24)9-25-18(27-16)26-10-19(20,21)22/h2-9,18,26-27H,10,23H2,1H3/q-1/b12-7+. The molecule has 1 aromatic heterocycles. The molecule has 0 bridgehead atoms. The molecule has 1 unspecified atom stereocenters. The molecule has 0 fully saturated rings. The molecule has 0 spiro atoms. The number of allylic oxidation sites excluding steroid dienone is 1. The first-order valence-corrected chi connectivity index (χ1v) is 8.71. The SMILES string of the molecule is COc1ccc(-n2c3c(cc(/C(C=[N-])=C/N)c2=O)C=NC(NCC(F)(F)F)N3)cc1. The Hall–Kier alpha value is -3.60. The van der Waals surface area contributed by atoms with Crippen molar-refractivity contribution in [3.8, 4) is 11.4 Å². The van der Waals surface area contributed by atoms with E-state index >= 15 is 0 Å². The van der Waals surface area contributed by atoms with Crippen LogP contribution in [-0.4, -0.2) is 43.1 Å². The van der Waals surface area contributed by atoms with Gasteiger partial charge >= 0.3 is 6.18 Å². The lowest BCUT2D eigenvalue weighted by Gasteiger charge is -2.27. The van der Waals surface area contributed by atoms with Gasteiger partial charge in [0.15, 0.2) is 6.29 Å². The number of hydrogen-bond donors (Lipinski definition) is 3. The zero-order chi connectivity index (χ0) is 21.9. The summed E-state index contributed by atoms with van der Waals surface area (Å²) < 4.78 is 44.0. The highest BCUT2D eigenvalue weighted by Crippen LogP contribution is 2.25. The Morgan fingerprint density at radius 2 is 2.10 bits per heavy atom. The molecule has 0 saturated carbocycles. The number of pyridine rings is 1. The summed E-state index contributed by atoms with van der Waals surface area (Å²) >= 11 is 0. The van der Waals surface area contributed by atoms with Crippen LogP contribution >= 0.6 is 0 Å². The van der Waals surface area contributed by atoms with Gasteiger partial charge in [-0.25, -0.2) is 0 Å². The van der Waals surface area contributed by atoms with Crippen molar-refractivity contribution in [2.24, 2.45) is 10.7 Å². The van der Waals surface area contributed by atoms with E-state index in [1.807, 2.05) is 0 Å². The normalized spacial score (nSPS) is 16.0. The molecule has 1 aromatic carbocycles. The van der Waals surface area contributed by atoms with Crippen LogP contribution in [0, 0.1) is 0 Å². The number of nitrogens with zero attached hydrogens (tertiary/aromatic N) is 3. The van der Waals surface area contributed by atoms with E-state index in [9.17, 15) is 23.4 Å². The van der Waals surface area contributed by atoms with Crippen LogP contribution in [0.2, 0.25) is 0 Å². The molecular formula is C19H18F3N6O2-. The van der Waals surface area contributed by atoms with E-state index in [0.29, 0.717) is 23.2 Å². The monoisotopic (exact) mass is 419 g/mol. The first-order chi connectivity index (χ1) is 14.3. The van der Waals surface area contributed by atoms with E-state index in [1.165, 1.54) is 24.0 Å². The fourth-order valence-electron chi connectivity index (χ4n) is 2.91. The zero-order valence-electron chi connectivity index (χ0n) is 15.8. The number of ether oxygens (including phenoxy) is 1. The minimum Gasteiger partial charge on any atom is -0.810 e. The Labute approximate surface area is 169 Å². The predicted octanol–water partition coefficient (Wildman–Crippen LogP) is 2.07. The van der Waals surface area contributed by atoms with Gasteiger partial charge < -0.3 is 21.2 Å². The van der Waals surface area contributed by atoms with Gasteiger partial charge in [-0.3, -0.25) is 19.7 Å². The molecule has 8 nitrogen and oxygen atoms in total. The molecule has 2 aromatic rings. The van der Waals surface area contributed by atoms with E-state index in [1.54, 1.807) is 24.3 Å². The Morgan fingerprint density at radius 3 is 2.67 bits per heavy atom. The van der Waals surface area contributed by atoms with Crippen molar-refractivity contribution in [3.63, 3.8) is 0 Å². The number of halogens is 3. The number of alkyl halides is 3. The fourth-order valence-corrected chi connectivity index (χ4v) is 2.91. The summed E-state index contributed by atoms with van der Waals surface area (Å²) in [5.41, 5.74) is 5.97. The Balaban J connectivity index is 2.14. The fraction of sp³-hybridized carbons (Fsp3) is 0.211. The summed E-state index contributed by atoms with van der Waals surface area (Å²) in [7, 11) is 1.49. The van der Waals surface area contributed by atoms with Gasteiger partial charge in [-0.05, 0) is 35.9 Å². The number of benzene rings is 1. The van der Waals surface area contributed by atoms with Crippen LogP contribution in [0.3, 0.4) is 0 Å². The third-order valence-corrected chi connectivity index (χ3v) is 4.32. The van der Waals surface area contributed by atoms with Gasteiger partial charge in [0.2, 0.25) is 0 Å². The summed E-state index contributed by atoms with van der Waals surface area (Å²) in [6, 6.07) is 7.94. The lowest BCUT2D eigenvalue weighted by atomic mass is 10.1. The van der Waals surface area contributed by atoms with E-state index in [2.05, 4.69) is 15.6 Å². The average molecular weight is 419 g/mol. The molecule has 3 rings (SSSR count). The van der Waals surface area contributed by atoms with Gasteiger partial charge in [-0.15, -0.1) is 0 Å². The van der Waals surface area contributed by atoms with Gasteiger partial charge in [0.1, 0.15) is 11.6 Å². The van der Waals surface area contributed by atoms with Crippen LogP contribution in [0.4, 0.5) is 19.0 Å². The van der Waals surface area contributed by atoms with Gasteiger partial charge in [-0.1, -0.05) is 0 Å². The largest absolute Gasteiger partial charge is 0.810 e. The highest BCUT2D eigenvalue weighted by atomic mass is 19.4. The van der Waals surface area contributed by atoms with Crippen molar-refractivity contribution in [2.75, 3.05) is 19.0 Å². The van der Waals surface area contributed by atoms with Crippen molar-refractivity contribution in [1.29, 1.82) is 0 Å². The third kappa shape index (κ3) is 4.35. The summed E-state index contributed by atoms with van der Waals surface area (Å²) in [5.74, 6) is 0.792. The van der Waals surface area contributed by atoms with E-state index in [-0.39, 0.29) is 17.0 Å². The summed E-state index contributed by atoms with van der Waals surface area (Å²) in [5, 5.41) is 14.5. The van der Waals surface area contributed by atoms with Crippen LogP contribution in [-0.2, 0) is 0 Å². The number of rotatable bonds is 6. The molecule has 158 valence electrons. The number of anilines is 1. The number of hydrogen-bond acceptors (Lipinski definition) is 6. The molecule has 30 heavy (non-hydrogen) atoms. The summed E-state index contributed by atoms with van der Waals surface area (Å²) in [6.45, 7) is -1.26. The molecule has 1 atom stereocenters. The van der Waals surface area contributed by atoms with Crippen LogP contribution in [0.25, 0.3) is 16.7 Å². The van der Waals surface area contributed by atoms with Crippen LogP contribution in [0.15, 0.2) is 46.3 Å². The van der Waals surface area contributed by atoms with Gasteiger partial charge in [0.25, 0.3) is 5.56 Å². The van der Waals surface area contributed by atoms with Crippen molar-refractivity contribution in [3.05, 3.63) is 63.4 Å². The average Bonchev–Trinajstić information content (AvgIpc) is 2.73. The highest BCUT2D eigenvalue weighted by molar-refractivity contribution is 6.11. The summed E-state index contributed by atoms with van der Waals surface area (Å²) in [6.07, 6.45) is -2.41. The molecule has 11 heteroatoms. The minimum absolute atomic E-state index is 0.0794. The van der Waals surface area contributed by atoms with Crippen LogP contribution < -0.4 is 26.7 Å². The molecule has 0 saturated heterocycles. The van der Waals surface area contributed by atoms with Gasteiger partial charge in [0.05, 0.1) is 19.3 Å². The highest BCUT2D eigenvalue weighted by Gasteiger charge is 2.29. The van der Waals surface area contributed by atoms with Crippen molar-refractivity contribution < 1.29 is 17.9 Å². The molecule has 0 amide bonds. The molecule has 4 N–H and O–H groups in total. The van der Waals surface area contributed by atoms with Crippen LogP contribution in [0.5, 0.6) is 5.75 Å². The number of nitrogens with one attached hydrogen (secondary N) is 2. The number of nitrogens with two attached hydrogens (primary N) is 1. The lowest BCUT2D eigenvalue weighted by molar-refractivity contribution is -0.125. The van der Waals surface area contributed by atoms with Crippen molar-refractivity contribution in [2.45, 2.75) is 12.5 Å². The van der Waals surface area contributed by atoms with Gasteiger partial charge in [-0.2, -0.15) is 19.4 Å². The van der Waals surface area contributed by atoms with Crippen molar-refractivity contribution in [1.82, 2.24) is 9.88 Å². The number of aromatic nitrogens is 1. The second-order valence-electron chi connectivity index (χ2n) is 6.27. The minimum atomic E-state index is -4.42. The number of fused-ring (bicyclic) bond motifs is 1. The lowest BCUT2D eigenvalue weighted by Crippen LogP contribution is -2.43. The van der Waals surface area contributed by atoms with Crippen LogP contribution in [0.1, 0.15) is 11.1 Å². The molecule has 0 aliphatic carbocycles. The van der Waals surface area contributed by atoms with E-state index < -0.39 is 24.6 Å². The topological polar surface area (TPSA) is 116 Å². The molecule has 0 radical (unpaired) electrons. The maximum absolute atomic E-state index is 13.2. The molecule has 2 heterocycles. The first kappa shape index (κ1) is 21.1. The van der Waals surface area contributed by atoms with Crippen molar-refractivity contribution >= 4 is 23.8 Å². The Kier molecular flexibility index (Phi) is 5.92. The quantitative estimate of drug-likeness (QED) is 0.620. The van der Waals surface area contributed by atoms with Gasteiger partial charge in [0, 0.05) is 23.5 Å². The molecular weight excluding hydrogens is 401 g/mol. The van der Waals surface area contributed by atoms with E-state index in [0.717, 1.165) is 6.20 Å².